The van der Waals surface area contributed by atoms with Gasteiger partial charge in [0.15, 0.2) is 0 Å². The fraction of sp³-hybridized carbons (Fsp3) is 0.143. The first-order valence-corrected chi connectivity index (χ1v) is 7.73. The Morgan fingerprint density at radius 2 is 2.10 bits per heavy atom. The second-order valence-corrected chi connectivity index (χ2v) is 6.14. The van der Waals surface area contributed by atoms with Crippen molar-refractivity contribution in [1.82, 2.24) is 4.98 Å². The number of primary sulfonamides is 1. The largest absolute Gasteiger partial charge is 0.326 e. The van der Waals surface area contributed by atoms with E-state index in [1.165, 1.54) is 6.07 Å². The fourth-order valence-corrected chi connectivity index (χ4v) is 2.69. The van der Waals surface area contributed by atoms with Crippen molar-refractivity contribution < 1.29 is 13.2 Å². The molecule has 0 aliphatic heterocycles. The van der Waals surface area contributed by atoms with Crippen LogP contribution in [0.1, 0.15) is 11.1 Å². The Labute approximate surface area is 123 Å². The molecule has 0 atom stereocenters. The molecule has 0 saturated heterocycles. The molecule has 1 aromatic carbocycles. The molecular formula is C14H15N3O3S. The number of benzene rings is 1. The molecule has 1 heterocycles. The number of hydrogen-bond acceptors (Lipinski definition) is 4. The Bertz CT molecular complexity index is 758. The minimum atomic E-state index is -3.81. The molecule has 1 aromatic heterocycles. The molecule has 0 fully saturated rings. The lowest BCUT2D eigenvalue weighted by molar-refractivity contribution is -0.115. The highest BCUT2D eigenvalue weighted by Crippen LogP contribution is 2.19. The molecular weight excluding hydrogens is 290 g/mol. The predicted octanol–water partition coefficient (Wildman–Crippen LogP) is 1.22. The average Bonchev–Trinajstić information content (AvgIpc) is 2.41. The lowest BCUT2D eigenvalue weighted by atomic mass is 10.2. The maximum Gasteiger partial charge on any atom is 0.238 e. The number of sulfonamides is 1. The highest BCUT2D eigenvalue weighted by molar-refractivity contribution is 7.89. The number of carbonyl (C=O) groups is 1. The van der Waals surface area contributed by atoms with Gasteiger partial charge in [0.25, 0.3) is 0 Å². The fourth-order valence-electron chi connectivity index (χ4n) is 1.88. The molecule has 3 N–H and O–H groups in total. The highest BCUT2D eigenvalue weighted by Gasteiger charge is 2.13. The first-order chi connectivity index (χ1) is 9.86. The van der Waals surface area contributed by atoms with Crippen molar-refractivity contribution >= 4 is 21.6 Å². The number of rotatable bonds is 4. The molecule has 2 rings (SSSR count). The number of nitrogens with zero attached hydrogens (tertiary/aromatic N) is 1. The lowest BCUT2D eigenvalue weighted by Crippen LogP contribution is -2.17. The Hall–Kier alpha value is -2.25. The van der Waals surface area contributed by atoms with Gasteiger partial charge in [-0.25, -0.2) is 13.6 Å². The summed E-state index contributed by atoms with van der Waals surface area (Å²) in [7, 11) is -3.81. The molecule has 0 aliphatic rings. The third-order valence-corrected chi connectivity index (χ3v) is 3.92. The van der Waals surface area contributed by atoms with Gasteiger partial charge in [0.2, 0.25) is 15.9 Å². The zero-order valence-corrected chi connectivity index (χ0v) is 12.2. The van der Waals surface area contributed by atoms with Crippen LogP contribution in [0.3, 0.4) is 0 Å². The lowest BCUT2D eigenvalue weighted by Gasteiger charge is -2.09. The minimum absolute atomic E-state index is 0.00155. The summed E-state index contributed by atoms with van der Waals surface area (Å²) in [6, 6.07) is 8.11. The maximum atomic E-state index is 11.9. The van der Waals surface area contributed by atoms with Crippen LogP contribution in [0.4, 0.5) is 5.69 Å². The Morgan fingerprint density at radius 1 is 1.33 bits per heavy atom. The van der Waals surface area contributed by atoms with Crippen molar-refractivity contribution in [1.29, 1.82) is 0 Å². The van der Waals surface area contributed by atoms with E-state index >= 15 is 0 Å². The molecule has 2 aromatic rings. The van der Waals surface area contributed by atoms with Crippen LogP contribution in [-0.4, -0.2) is 19.3 Å². The number of aryl methyl sites for hydroxylation is 1. The van der Waals surface area contributed by atoms with Gasteiger partial charge in [0, 0.05) is 18.1 Å². The molecule has 0 bridgehead atoms. The Balaban J connectivity index is 2.15. The van der Waals surface area contributed by atoms with E-state index in [1.807, 2.05) is 0 Å². The number of aromatic nitrogens is 1. The van der Waals surface area contributed by atoms with Crippen LogP contribution in [0.2, 0.25) is 0 Å². The van der Waals surface area contributed by atoms with E-state index in [9.17, 15) is 13.2 Å². The molecule has 0 unspecified atom stereocenters. The molecule has 21 heavy (non-hydrogen) atoms. The van der Waals surface area contributed by atoms with Crippen molar-refractivity contribution in [3.63, 3.8) is 0 Å². The smallest absolute Gasteiger partial charge is 0.238 e. The van der Waals surface area contributed by atoms with Crippen molar-refractivity contribution in [2.24, 2.45) is 5.14 Å². The number of amides is 1. The minimum Gasteiger partial charge on any atom is -0.326 e. The van der Waals surface area contributed by atoms with Gasteiger partial charge < -0.3 is 5.32 Å². The number of hydrogen-bond donors (Lipinski definition) is 2. The Morgan fingerprint density at radius 3 is 2.71 bits per heavy atom. The second-order valence-electron chi connectivity index (χ2n) is 4.61. The topological polar surface area (TPSA) is 102 Å². The summed E-state index contributed by atoms with van der Waals surface area (Å²) in [6.07, 6.45) is 3.39. The zero-order valence-electron chi connectivity index (χ0n) is 11.4. The standard InChI is InChI=1S/C14H15N3O3S/c1-10-4-5-12(8-13(10)21(15,19)20)17-14(18)7-11-3-2-6-16-9-11/h2-6,8-9H,7H2,1H3,(H,17,18)(H2,15,19,20). The van der Waals surface area contributed by atoms with E-state index in [0.29, 0.717) is 11.3 Å². The monoisotopic (exact) mass is 305 g/mol. The molecule has 0 radical (unpaired) electrons. The molecule has 110 valence electrons. The third-order valence-electron chi connectivity index (χ3n) is 2.87. The van der Waals surface area contributed by atoms with Gasteiger partial charge in [0.1, 0.15) is 0 Å². The van der Waals surface area contributed by atoms with Crippen LogP contribution in [0.15, 0.2) is 47.6 Å². The van der Waals surface area contributed by atoms with Crippen LogP contribution in [0, 0.1) is 6.92 Å². The van der Waals surface area contributed by atoms with Crippen molar-refractivity contribution in [2.45, 2.75) is 18.2 Å². The van der Waals surface area contributed by atoms with Crippen LogP contribution in [0.5, 0.6) is 0 Å². The van der Waals surface area contributed by atoms with Gasteiger partial charge in [-0.3, -0.25) is 9.78 Å². The van der Waals surface area contributed by atoms with Crippen LogP contribution >= 0.6 is 0 Å². The summed E-state index contributed by atoms with van der Waals surface area (Å²) in [5, 5.41) is 7.78. The van der Waals surface area contributed by atoms with Gasteiger partial charge in [-0.1, -0.05) is 12.1 Å². The van der Waals surface area contributed by atoms with E-state index in [1.54, 1.807) is 43.6 Å². The van der Waals surface area contributed by atoms with E-state index in [2.05, 4.69) is 10.3 Å². The Kier molecular flexibility index (Phi) is 4.35. The summed E-state index contributed by atoms with van der Waals surface area (Å²) in [5.74, 6) is -0.257. The van der Waals surface area contributed by atoms with Crippen molar-refractivity contribution in [3.8, 4) is 0 Å². The number of nitrogens with one attached hydrogen (secondary N) is 1. The number of nitrogens with two attached hydrogens (primary N) is 1. The normalized spacial score (nSPS) is 11.1. The third kappa shape index (κ3) is 4.11. The molecule has 0 spiro atoms. The maximum absolute atomic E-state index is 11.9. The predicted molar refractivity (Wildman–Crippen MR) is 79.1 cm³/mol. The second kappa shape index (κ2) is 6.02. The van der Waals surface area contributed by atoms with E-state index in [4.69, 9.17) is 5.14 Å². The molecule has 6 nitrogen and oxygen atoms in total. The van der Waals surface area contributed by atoms with E-state index < -0.39 is 10.0 Å². The van der Waals surface area contributed by atoms with Crippen LogP contribution < -0.4 is 10.5 Å². The van der Waals surface area contributed by atoms with Gasteiger partial charge in [0.05, 0.1) is 11.3 Å². The first-order valence-electron chi connectivity index (χ1n) is 6.18. The summed E-state index contributed by atoms with van der Waals surface area (Å²) in [4.78, 5) is 15.8. The summed E-state index contributed by atoms with van der Waals surface area (Å²) in [5.41, 5.74) is 1.69. The van der Waals surface area contributed by atoms with Crippen molar-refractivity contribution in [3.05, 3.63) is 53.9 Å². The molecule has 0 aliphatic carbocycles. The quantitative estimate of drug-likeness (QED) is 0.886. The number of pyridine rings is 1. The van der Waals surface area contributed by atoms with Gasteiger partial charge in [-0.15, -0.1) is 0 Å². The van der Waals surface area contributed by atoms with Gasteiger partial charge >= 0.3 is 0 Å². The van der Waals surface area contributed by atoms with Crippen LogP contribution in [0.25, 0.3) is 0 Å². The average molecular weight is 305 g/mol. The molecule has 7 heteroatoms. The zero-order chi connectivity index (χ0) is 15.5. The van der Waals surface area contributed by atoms with E-state index in [0.717, 1.165) is 5.56 Å². The van der Waals surface area contributed by atoms with Gasteiger partial charge in [-0.2, -0.15) is 0 Å². The van der Waals surface area contributed by atoms with Gasteiger partial charge in [-0.05, 0) is 36.2 Å². The van der Waals surface area contributed by atoms with E-state index in [-0.39, 0.29) is 17.2 Å². The summed E-state index contributed by atoms with van der Waals surface area (Å²) < 4.78 is 22.9. The number of carbonyl (C=O) groups excluding carboxylic acids is 1. The summed E-state index contributed by atoms with van der Waals surface area (Å²) in [6.45, 7) is 1.64. The van der Waals surface area contributed by atoms with Crippen LogP contribution in [-0.2, 0) is 21.2 Å². The SMILES string of the molecule is Cc1ccc(NC(=O)Cc2cccnc2)cc1S(N)(=O)=O. The number of anilines is 1. The first kappa shape index (κ1) is 15.1. The highest BCUT2D eigenvalue weighted by atomic mass is 32.2. The summed E-state index contributed by atoms with van der Waals surface area (Å²) >= 11 is 0. The molecule has 1 amide bonds. The van der Waals surface area contributed by atoms with Crippen molar-refractivity contribution in [2.75, 3.05) is 5.32 Å². The molecule has 0 saturated carbocycles.